The summed E-state index contributed by atoms with van der Waals surface area (Å²) in [6.07, 6.45) is 1.96. The molecule has 1 N–H and O–H groups in total. The molecule has 24 heavy (non-hydrogen) atoms. The minimum absolute atomic E-state index is 0.213. The highest BCUT2D eigenvalue weighted by Gasteiger charge is 2.32. The fraction of sp³-hybridized carbons (Fsp3) is 0.294. The van der Waals surface area contributed by atoms with E-state index in [1.165, 1.54) is 23.5 Å². The Kier molecular flexibility index (Phi) is 4.62. The maximum atomic E-state index is 13.8. The fourth-order valence-electron chi connectivity index (χ4n) is 2.42. The summed E-state index contributed by atoms with van der Waals surface area (Å²) in [6, 6.07) is 3.38. The SMILES string of the molecule is CCOC(=O)c1c(C2CC2)csc1NC(=O)c1cccc(F)c1F. The van der Waals surface area contributed by atoms with Gasteiger partial charge in [0.05, 0.1) is 17.7 Å². The smallest absolute Gasteiger partial charge is 0.341 e. The Bertz CT molecular complexity index is 799. The number of carbonyl (C=O) groups excluding carboxylic acids is 2. The molecule has 1 amide bonds. The zero-order valence-electron chi connectivity index (χ0n) is 12.9. The van der Waals surface area contributed by atoms with Crippen molar-refractivity contribution in [3.05, 3.63) is 51.9 Å². The molecule has 126 valence electrons. The summed E-state index contributed by atoms with van der Waals surface area (Å²) in [4.78, 5) is 24.5. The molecule has 0 bridgehead atoms. The number of hydrogen-bond acceptors (Lipinski definition) is 4. The van der Waals surface area contributed by atoms with Crippen molar-refractivity contribution >= 4 is 28.2 Å². The van der Waals surface area contributed by atoms with Crippen LogP contribution >= 0.6 is 11.3 Å². The Morgan fingerprint density at radius 2 is 2.08 bits per heavy atom. The van der Waals surface area contributed by atoms with Gasteiger partial charge in [-0.2, -0.15) is 0 Å². The van der Waals surface area contributed by atoms with Gasteiger partial charge in [-0.25, -0.2) is 13.6 Å². The quantitative estimate of drug-likeness (QED) is 0.816. The number of esters is 1. The van der Waals surface area contributed by atoms with E-state index in [9.17, 15) is 18.4 Å². The van der Waals surface area contributed by atoms with Crippen molar-refractivity contribution in [2.24, 2.45) is 0 Å². The number of anilines is 1. The van der Waals surface area contributed by atoms with Gasteiger partial charge in [0.2, 0.25) is 0 Å². The van der Waals surface area contributed by atoms with E-state index in [1.807, 2.05) is 5.38 Å². The van der Waals surface area contributed by atoms with Crippen molar-refractivity contribution in [2.45, 2.75) is 25.7 Å². The average Bonchev–Trinajstić information content (AvgIpc) is 3.31. The predicted octanol–water partition coefficient (Wildman–Crippen LogP) is 4.33. The van der Waals surface area contributed by atoms with Crippen molar-refractivity contribution in [1.29, 1.82) is 0 Å². The lowest BCUT2D eigenvalue weighted by Gasteiger charge is -2.09. The monoisotopic (exact) mass is 351 g/mol. The normalized spacial score (nSPS) is 13.6. The van der Waals surface area contributed by atoms with Crippen LogP contribution in [0.1, 0.15) is 52.0 Å². The van der Waals surface area contributed by atoms with Crippen molar-refractivity contribution < 1.29 is 23.1 Å². The van der Waals surface area contributed by atoms with Crippen LogP contribution in [0.25, 0.3) is 0 Å². The van der Waals surface area contributed by atoms with Crippen LogP contribution in [0.4, 0.5) is 13.8 Å². The zero-order chi connectivity index (χ0) is 17.3. The third-order valence-corrected chi connectivity index (χ3v) is 4.65. The van der Waals surface area contributed by atoms with Crippen molar-refractivity contribution in [2.75, 3.05) is 11.9 Å². The minimum atomic E-state index is -1.22. The van der Waals surface area contributed by atoms with E-state index < -0.39 is 29.1 Å². The second-order valence-electron chi connectivity index (χ2n) is 5.45. The van der Waals surface area contributed by atoms with Crippen LogP contribution in [0.5, 0.6) is 0 Å². The van der Waals surface area contributed by atoms with Crippen LogP contribution in [-0.4, -0.2) is 18.5 Å². The highest BCUT2D eigenvalue weighted by molar-refractivity contribution is 7.15. The Hall–Kier alpha value is -2.28. The Labute approximate surface area is 141 Å². The lowest BCUT2D eigenvalue weighted by atomic mass is 10.1. The van der Waals surface area contributed by atoms with E-state index in [-0.39, 0.29) is 12.5 Å². The molecule has 0 aliphatic heterocycles. The number of ether oxygens (including phenoxy) is 1. The van der Waals surface area contributed by atoms with E-state index in [2.05, 4.69) is 5.32 Å². The summed E-state index contributed by atoms with van der Waals surface area (Å²) in [5, 5.41) is 4.61. The molecule has 4 nitrogen and oxygen atoms in total. The molecule has 1 aliphatic rings. The molecule has 1 saturated carbocycles. The van der Waals surface area contributed by atoms with Gasteiger partial charge in [-0.1, -0.05) is 6.07 Å². The van der Waals surface area contributed by atoms with Crippen LogP contribution < -0.4 is 5.32 Å². The van der Waals surface area contributed by atoms with Gasteiger partial charge in [-0.15, -0.1) is 11.3 Å². The number of nitrogens with one attached hydrogen (secondary N) is 1. The lowest BCUT2D eigenvalue weighted by molar-refractivity contribution is 0.0527. The molecular formula is C17H15F2NO3S. The first-order valence-corrected chi connectivity index (χ1v) is 8.44. The van der Waals surface area contributed by atoms with E-state index in [1.54, 1.807) is 6.92 Å². The van der Waals surface area contributed by atoms with Gasteiger partial charge in [0, 0.05) is 0 Å². The third-order valence-electron chi connectivity index (χ3n) is 3.74. The maximum absolute atomic E-state index is 13.8. The van der Waals surface area contributed by atoms with Gasteiger partial charge < -0.3 is 10.1 Å². The highest BCUT2D eigenvalue weighted by atomic mass is 32.1. The van der Waals surface area contributed by atoms with Crippen LogP contribution in [0.2, 0.25) is 0 Å². The maximum Gasteiger partial charge on any atom is 0.341 e. The summed E-state index contributed by atoms with van der Waals surface area (Å²) in [7, 11) is 0. The summed E-state index contributed by atoms with van der Waals surface area (Å²) >= 11 is 1.18. The van der Waals surface area contributed by atoms with Crippen molar-refractivity contribution in [3.8, 4) is 0 Å². The third kappa shape index (κ3) is 3.17. The van der Waals surface area contributed by atoms with Gasteiger partial charge in [0.15, 0.2) is 11.6 Å². The Morgan fingerprint density at radius 3 is 2.75 bits per heavy atom. The number of halogens is 2. The summed E-state index contributed by atoms with van der Waals surface area (Å²) < 4.78 is 32.1. The largest absolute Gasteiger partial charge is 0.462 e. The first kappa shape index (κ1) is 16.6. The molecule has 2 aromatic rings. The molecule has 1 aromatic carbocycles. The summed E-state index contributed by atoms with van der Waals surface area (Å²) in [5.41, 5.74) is 0.745. The highest BCUT2D eigenvalue weighted by Crippen LogP contribution is 2.46. The first-order valence-electron chi connectivity index (χ1n) is 7.56. The molecule has 0 saturated heterocycles. The average molecular weight is 351 g/mol. The topological polar surface area (TPSA) is 55.4 Å². The number of rotatable bonds is 5. The minimum Gasteiger partial charge on any atom is -0.462 e. The van der Waals surface area contributed by atoms with Crippen LogP contribution in [0, 0.1) is 11.6 Å². The number of amides is 1. The van der Waals surface area contributed by atoms with Crippen LogP contribution in [-0.2, 0) is 4.74 Å². The molecule has 0 atom stereocenters. The zero-order valence-corrected chi connectivity index (χ0v) is 13.7. The number of benzene rings is 1. The Balaban J connectivity index is 1.91. The van der Waals surface area contributed by atoms with Crippen molar-refractivity contribution in [3.63, 3.8) is 0 Å². The van der Waals surface area contributed by atoms with Crippen LogP contribution in [0.15, 0.2) is 23.6 Å². The summed E-state index contributed by atoms with van der Waals surface area (Å²) in [6.45, 7) is 1.91. The standard InChI is InChI=1S/C17H15F2NO3S/c1-2-23-17(22)13-11(9-6-7-9)8-24-16(13)20-15(21)10-4-3-5-12(18)14(10)19/h3-5,8-9H,2,6-7H2,1H3,(H,20,21). The van der Waals surface area contributed by atoms with Gasteiger partial charge in [-0.05, 0) is 48.8 Å². The molecule has 0 radical (unpaired) electrons. The number of thiophene rings is 1. The van der Waals surface area contributed by atoms with E-state index in [0.717, 1.165) is 24.5 Å². The van der Waals surface area contributed by atoms with Gasteiger partial charge in [0.1, 0.15) is 5.00 Å². The summed E-state index contributed by atoms with van der Waals surface area (Å²) in [5.74, 6) is -3.35. The first-order chi connectivity index (χ1) is 11.5. The van der Waals surface area contributed by atoms with Gasteiger partial charge in [0.25, 0.3) is 5.91 Å². The van der Waals surface area contributed by atoms with Gasteiger partial charge in [-0.3, -0.25) is 4.79 Å². The second kappa shape index (κ2) is 6.68. The molecule has 1 fully saturated rings. The van der Waals surface area contributed by atoms with Gasteiger partial charge >= 0.3 is 5.97 Å². The fourth-order valence-corrected chi connectivity index (χ4v) is 3.45. The Morgan fingerprint density at radius 1 is 1.33 bits per heavy atom. The van der Waals surface area contributed by atoms with Crippen LogP contribution in [0.3, 0.4) is 0 Å². The number of hydrogen-bond donors (Lipinski definition) is 1. The lowest BCUT2D eigenvalue weighted by Crippen LogP contribution is -2.16. The molecular weight excluding hydrogens is 336 g/mol. The molecule has 1 heterocycles. The molecule has 0 spiro atoms. The van der Waals surface area contributed by atoms with Crippen molar-refractivity contribution in [1.82, 2.24) is 0 Å². The molecule has 3 rings (SSSR count). The van der Waals surface area contributed by atoms with E-state index in [0.29, 0.717) is 10.6 Å². The van der Waals surface area contributed by atoms with E-state index in [4.69, 9.17) is 4.74 Å². The van der Waals surface area contributed by atoms with E-state index >= 15 is 0 Å². The molecule has 0 unspecified atom stereocenters. The second-order valence-corrected chi connectivity index (χ2v) is 6.33. The molecule has 1 aliphatic carbocycles. The molecule has 1 aromatic heterocycles. The predicted molar refractivity (Wildman–Crippen MR) is 86.6 cm³/mol. The molecule has 7 heteroatoms. The number of carbonyl (C=O) groups is 2.